The van der Waals surface area contributed by atoms with E-state index in [1.54, 1.807) is 23.4 Å². The van der Waals surface area contributed by atoms with Crippen molar-refractivity contribution in [2.45, 2.75) is 18.5 Å². The summed E-state index contributed by atoms with van der Waals surface area (Å²) >= 11 is 0. The van der Waals surface area contributed by atoms with Gasteiger partial charge in [-0.15, -0.1) is 0 Å². The van der Waals surface area contributed by atoms with Crippen molar-refractivity contribution < 1.29 is 13.9 Å². The summed E-state index contributed by atoms with van der Waals surface area (Å²) in [6.07, 6.45) is 4.74. The summed E-state index contributed by atoms with van der Waals surface area (Å²) in [5.74, 6) is 0. The molecule has 0 aliphatic carbocycles. The minimum absolute atomic E-state index is 0.276. The summed E-state index contributed by atoms with van der Waals surface area (Å²) in [7, 11) is 0. The Labute approximate surface area is 117 Å². The van der Waals surface area contributed by atoms with Gasteiger partial charge in [-0.05, 0) is 6.07 Å². The van der Waals surface area contributed by atoms with Crippen LogP contribution in [-0.4, -0.2) is 59.7 Å². The Morgan fingerprint density at radius 3 is 2.75 bits per heavy atom. The number of amides is 1. The summed E-state index contributed by atoms with van der Waals surface area (Å²) < 4.78 is 19.7. The average Bonchev–Trinajstić information content (AvgIpc) is 2.49. The van der Waals surface area contributed by atoms with E-state index in [9.17, 15) is 9.18 Å². The second-order valence-electron chi connectivity index (χ2n) is 4.85. The number of alkyl halides is 1. The van der Waals surface area contributed by atoms with Crippen molar-refractivity contribution in [1.29, 1.82) is 0 Å². The predicted molar refractivity (Wildman–Crippen MR) is 71.1 cm³/mol. The second-order valence-corrected chi connectivity index (χ2v) is 4.85. The number of halogens is 1. The number of ether oxygens (including phenoxy) is 1. The Bertz CT molecular complexity index is 410. The molecule has 0 atom stereocenters. The summed E-state index contributed by atoms with van der Waals surface area (Å²) in [4.78, 5) is 20.0. The first-order chi connectivity index (χ1) is 9.72. The SMILES string of the molecule is O=CN1CCC(F)(CNCCOc2ncccn2)CC1. The molecule has 1 aromatic rings. The van der Waals surface area contributed by atoms with E-state index in [0.717, 1.165) is 6.41 Å². The van der Waals surface area contributed by atoms with Gasteiger partial charge in [-0.3, -0.25) is 4.79 Å². The van der Waals surface area contributed by atoms with Gasteiger partial charge in [0.05, 0.1) is 0 Å². The zero-order chi connectivity index (χ0) is 14.3. The molecule has 0 radical (unpaired) electrons. The molecule has 0 bridgehead atoms. The highest BCUT2D eigenvalue weighted by Crippen LogP contribution is 2.24. The molecule has 110 valence electrons. The molecule has 2 heterocycles. The lowest BCUT2D eigenvalue weighted by Crippen LogP contribution is -2.47. The molecule has 6 nitrogen and oxygen atoms in total. The van der Waals surface area contributed by atoms with Crippen LogP contribution in [0.25, 0.3) is 0 Å². The molecule has 1 aromatic heterocycles. The van der Waals surface area contributed by atoms with Crippen LogP contribution in [0.1, 0.15) is 12.8 Å². The highest BCUT2D eigenvalue weighted by Gasteiger charge is 2.33. The third-order valence-electron chi connectivity index (χ3n) is 3.34. The van der Waals surface area contributed by atoms with Crippen molar-refractivity contribution in [2.24, 2.45) is 0 Å². The van der Waals surface area contributed by atoms with Crippen molar-refractivity contribution in [3.05, 3.63) is 18.5 Å². The van der Waals surface area contributed by atoms with E-state index >= 15 is 0 Å². The van der Waals surface area contributed by atoms with E-state index in [1.165, 1.54) is 0 Å². The van der Waals surface area contributed by atoms with Gasteiger partial charge >= 0.3 is 6.01 Å². The summed E-state index contributed by atoms with van der Waals surface area (Å²) in [6.45, 7) is 2.16. The van der Waals surface area contributed by atoms with Crippen molar-refractivity contribution in [1.82, 2.24) is 20.2 Å². The monoisotopic (exact) mass is 282 g/mol. The molecule has 1 amide bonds. The van der Waals surface area contributed by atoms with Crippen LogP contribution in [0, 0.1) is 0 Å². The third kappa shape index (κ3) is 4.41. The van der Waals surface area contributed by atoms with Crippen molar-refractivity contribution in [3.8, 4) is 6.01 Å². The Kier molecular flexibility index (Phi) is 5.23. The fraction of sp³-hybridized carbons (Fsp3) is 0.615. The van der Waals surface area contributed by atoms with Crippen LogP contribution in [0.5, 0.6) is 6.01 Å². The maximum absolute atomic E-state index is 14.4. The van der Waals surface area contributed by atoms with Crippen LogP contribution in [-0.2, 0) is 4.79 Å². The number of hydrogen-bond donors (Lipinski definition) is 1. The number of nitrogens with zero attached hydrogens (tertiary/aromatic N) is 3. The molecule has 1 aliphatic heterocycles. The zero-order valence-corrected chi connectivity index (χ0v) is 11.3. The maximum atomic E-state index is 14.4. The summed E-state index contributed by atoms with van der Waals surface area (Å²) in [5, 5.41) is 3.04. The van der Waals surface area contributed by atoms with Crippen LogP contribution < -0.4 is 10.1 Å². The molecule has 2 rings (SSSR count). The lowest BCUT2D eigenvalue weighted by Gasteiger charge is -2.34. The van der Waals surface area contributed by atoms with E-state index in [4.69, 9.17) is 4.74 Å². The Morgan fingerprint density at radius 2 is 2.10 bits per heavy atom. The van der Waals surface area contributed by atoms with Crippen LogP contribution in [0.15, 0.2) is 18.5 Å². The van der Waals surface area contributed by atoms with E-state index in [-0.39, 0.29) is 6.54 Å². The quantitative estimate of drug-likeness (QED) is 0.579. The standard InChI is InChI=1S/C13H19FN4O2/c14-13(2-7-18(11-19)8-3-13)10-15-6-9-20-12-16-4-1-5-17-12/h1,4-5,11,15H,2-3,6-10H2. The van der Waals surface area contributed by atoms with Crippen molar-refractivity contribution >= 4 is 6.41 Å². The van der Waals surface area contributed by atoms with Gasteiger partial charge in [0.15, 0.2) is 0 Å². The van der Waals surface area contributed by atoms with Gasteiger partial charge in [-0.1, -0.05) is 0 Å². The van der Waals surface area contributed by atoms with Crippen LogP contribution in [0.2, 0.25) is 0 Å². The number of rotatable bonds is 7. The molecule has 20 heavy (non-hydrogen) atoms. The zero-order valence-electron chi connectivity index (χ0n) is 11.3. The summed E-state index contributed by atoms with van der Waals surface area (Å²) in [6, 6.07) is 2.03. The minimum atomic E-state index is -1.23. The number of hydrogen-bond acceptors (Lipinski definition) is 5. The van der Waals surface area contributed by atoms with Gasteiger partial charge in [0.1, 0.15) is 12.3 Å². The van der Waals surface area contributed by atoms with Crippen LogP contribution >= 0.6 is 0 Å². The van der Waals surface area contributed by atoms with Gasteiger partial charge in [0.2, 0.25) is 6.41 Å². The molecule has 7 heteroatoms. The van der Waals surface area contributed by atoms with E-state index in [1.807, 2.05) is 0 Å². The molecular formula is C13H19FN4O2. The molecule has 1 N–H and O–H groups in total. The van der Waals surface area contributed by atoms with Crippen molar-refractivity contribution in [2.75, 3.05) is 32.8 Å². The molecule has 1 fully saturated rings. The smallest absolute Gasteiger partial charge is 0.316 e. The van der Waals surface area contributed by atoms with E-state index < -0.39 is 5.67 Å². The third-order valence-corrected chi connectivity index (χ3v) is 3.34. The highest BCUT2D eigenvalue weighted by molar-refractivity contribution is 5.47. The van der Waals surface area contributed by atoms with Crippen LogP contribution in [0.4, 0.5) is 4.39 Å². The molecule has 0 aromatic carbocycles. The molecule has 0 unspecified atom stereocenters. The number of piperidine rings is 1. The van der Waals surface area contributed by atoms with Gasteiger partial charge in [-0.2, -0.15) is 0 Å². The average molecular weight is 282 g/mol. The molecule has 0 saturated carbocycles. The van der Waals surface area contributed by atoms with Gasteiger partial charge in [-0.25, -0.2) is 14.4 Å². The predicted octanol–water partition coefficient (Wildman–Crippen LogP) is 0.405. The van der Waals surface area contributed by atoms with Gasteiger partial charge in [0, 0.05) is 51.4 Å². The summed E-state index contributed by atoms with van der Waals surface area (Å²) in [5.41, 5.74) is -1.23. The van der Waals surface area contributed by atoms with Crippen molar-refractivity contribution in [3.63, 3.8) is 0 Å². The number of nitrogens with one attached hydrogen (secondary N) is 1. The first kappa shape index (κ1) is 14.6. The highest BCUT2D eigenvalue weighted by atomic mass is 19.1. The van der Waals surface area contributed by atoms with E-state index in [0.29, 0.717) is 45.1 Å². The molecule has 0 spiro atoms. The number of aromatic nitrogens is 2. The largest absolute Gasteiger partial charge is 0.462 e. The fourth-order valence-electron chi connectivity index (χ4n) is 2.09. The maximum Gasteiger partial charge on any atom is 0.316 e. The Morgan fingerprint density at radius 1 is 1.40 bits per heavy atom. The first-order valence-electron chi connectivity index (χ1n) is 6.71. The molecule has 1 saturated heterocycles. The van der Waals surface area contributed by atoms with Crippen LogP contribution in [0.3, 0.4) is 0 Å². The number of likely N-dealkylation sites (tertiary alicyclic amines) is 1. The Balaban J connectivity index is 1.60. The van der Waals surface area contributed by atoms with Gasteiger partial charge in [0.25, 0.3) is 0 Å². The lowest BCUT2D eigenvalue weighted by molar-refractivity contribution is -0.120. The minimum Gasteiger partial charge on any atom is -0.462 e. The van der Waals surface area contributed by atoms with E-state index in [2.05, 4.69) is 15.3 Å². The Hall–Kier alpha value is -1.76. The topological polar surface area (TPSA) is 67.4 Å². The van der Waals surface area contributed by atoms with Gasteiger partial charge < -0.3 is 15.0 Å². The fourth-order valence-corrected chi connectivity index (χ4v) is 2.09. The lowest BCUT2D eigenvalue weighted by atomic mass is 9.93. The first-order valence-corrected chi connectivity index (χ1v) is 6.71. The second kappa shape index (κ2) is 7.14. The molecule has 1 aliphatic rings. The normalized spacial score (nSPS) is 17.8. The number of carbonyl (C=O) groups excluding carboxylic acids is 1. The number of carbonyl (C=O) groups is 1. The molecular weight excluding hydrogens is 263 g/mol.